The molecule has 5 heteroatoms. The third-order valence-electron chi connectivity index (χ3n) is 4.05. The van der Waals surface area contributed by atoms with E-state index in [4.69, 9.17) is 14.7 Å². The van der Waals surface area contributed by atoms with E-state index in [0.29, 0.717) is 17.9 Å². The smallest absolute Gasteiger partial charge is 0.260 e. The molecule has 0 heterocycles. The number of hydrogen-bond acceptors (Lipinski definition) is 4. The van der Waals surface area contributed by atoms with E-state index in [1.807, 2.05) is 44.2 Å². The van der Waals surface area contributed by atoms with Crippen molar-refractivity contribution >= 4 is 5.91 Å². The fourth-order valence-electron chi connectivity index (χ4n) is 2.60. The summed E-state index contributed by atoms with van der Waals surface area (Å²) < 4.78 is 10.8. The van der Waals surface area contributed by atoms with E-state index in [9.17, 15) is 4.79 Å². The van der Waals surface area contributed by atoms with Crippen LogP contribution < -0.4 is 9.47 Å². The predicted octanol–water partition coefficient (Wildman–Crippen LogP) is 3.56. The molecule has 1 amide bonds. The van der Waals surface area contributed by atoms with Crippen LogP contribution in [0.4, 0.5) is 0 Å². The lowest BCUT2D eigenvalue weighted by Crippen LogP contribution is -2.36. The second-order valence-corrected chi connectivity index (χ2v) is 5.56. The molecule has 0 bridgehead atoms. The number of hydrogen-bond donors (Lipinski definition) is 0. The van der Waals surface area contributed by atoms with Gasteiger partial charge in [-0.1, -0.05) is 12.1 Å². The number of rotatable bonds is 7. The van der Waals surface area contributed by atoms with Gasteiger partial charge in [0.15, 0.2) is 6.61 Å². The number of methoxy groups -OCH3 is 1. The molecule has 0 aromatic heterocycles. The number of benzene rings is 2. The minimum absolute atomic E-state index is 0.0476. The molecular weight excluding hydrogens is 316 g/mol. The van der Waals surface area contributed by atoms with Gasteiger partial charge in [-0.25, -0.2) is 0 Å². The zero-order chi connectivity index (χ0) is 18.2. The van der Waals surface area contributed by atoms with Crippen molar-refractivity contribution in [3.8, 4) is 17.6 Å². The van der Waals surface area contributed by atoms with Gasteiger partial charge in [-0.15, -0.1) is 0 Å². The Morgan fingerprint density at radius 2 is 1.92 bits per heavy atom. The van der Waals surface area contributed by atoms with Crippen LogP contribution in [0.3, 0.4) is 0 Å². The van der Waals surface area contributed by atoms with Gasteiger partial charge < -0.3 is 14.4 Å². The first-order chi connectivity index (χ1) is 12.1. The average molecular weight is 338 g/mol. The highest BCUT2D eigenvalue weighted by Crippen LogP contribution is 2.24. The predicted molar refractivity (Wildman–Crippen MR) is 95.4 cm³/mol. The Hall–Kier alpha value is -3.00. The van der Waals surface area contributed by atoms with Crippen LogP contribution in [0.5, 0.6) is 11.5 Å². The minimum Gasteiger partial charge on any atom is -0.497 e. The van der Waals surface area contributed by atoms with Gasteiger partial charge in [-0.2, -0.15) is 5.26 Å². The Balaban J connectivity index is 2.02. The number of carbonyl (C=O) groups excluding carboxylic acids is 1. The first-order valence-corrected chi connectivity index (χ1v) is 8.15. The standard InChI is InChI=1S/C20H22N2O3/c1-4-22(15(2)17-6-5-7-19(12-17)24-3)20(23)14-25-18-10-8-16(13-21)9-11-18/h5-12,15H,4,14H2,1-3H3. The van der Waals surface area contributed by atoms with Crippen molar-refractivity contribution in [1.29, 1.82) is 5.26 Å². The Kier molecular flexibility index (Phi) is 6.41. The van der Waals surface area contributed by atoms with E-state index in [1.165, 1.54) is 0 Å². The molecule has 130 valence electrons. The second-order valence-electron chi connectivity index (χ2n) is 5.56. The molecule has 0 aliphatic carbocycles. The Morgan fingerprint density at radius 1 is 1.20 bits per heavy atom. The van der Waals surface area contributed by atoms with Gasteiger partial charge in [0.1, 0.15) is 11.5 Å². The van der Waals surface area contributed by atoms with Crippen molar-refractivity contribution < 1.29 is 14.3 Å². The largest absolute Gasteiger partial charge is 0.497 e. The molecule has 0 saturated carbocycles. The van der Waals surface area contributed by atoms with Gasteiger partial charge in [0.25, 0.3) is 5.91 Å². The third kappa shape index (κ3) is 4.74. The fourth-order valence-corrected chi connectivity index (χ4v) is 2.60. The quantitative estimate of drug-likeness (QED) is 0.774. The first kappa shape index (κ1) is 18.3. The normalized spacial score (nSPS) is 11.3. The van der Waals surface area contributed by atoms with Crippen LogP contribution in [-0.2, 0) is 4.79 Å². The molecule has 0 saturated heterocycles. The van der Waals surface area contributed by atoms with Crippen LogP contribution in [-0.4, -0.2) is 31.1 Å². The average Bonchev–Trinajstić information content (AvgIpc) is 2.67. The van der Waals surface area contributed by atoms with E-state index in [-0.39, 0.29) is 18.6 Å². The van der Waals surface area contributed by atoms with Crippen LogP contribution >= 0.6 is 0 Å². The van der Waals surface area contributed by atoms with Gasteiger partial charge in [0, 0.05) is 6.54 Å². The van der Waals surface area contributed by atoms with Crippen molar-refractivity contribution in [3.63, 3.8) is 0 Å². The fraction of sp³-hybridized carbons (Fsp3) is 0.300. The van der Waals surface area contributed by atoms with Gasteiger partial charge >= 0.3 is 0 Å². The van der Waals surface area contributed by atoms with Gasteiger partial charge in [-0.05, 0) is 55.8 Å². The van der Waals surface area contributed by atoms with Crippen molar-refractivity contribution in [2.75, 3.05) is 20.3 Å². The molecule has 0 aliphatic rings. The molecular formula is C20H22N2O3. The van der Waals surface area contributed by atoms with Crippen molar-refractivity contribution in [1.82, 2.24) is 4.90 Å². The van der Waals surface area contributed by atoms with Gasteiger partial charge in [-0.3, -0.25) is 4.79 Å². The van der Waals surface area contributed by atoms with Crippen molar-refractivity contribution in [2.24, 2.45) is 0 Å². The molecule has 0 fully saturated rings. The van der Waals surface area contributed by atoms with E-state index in [0.717, 1.165) is 11.3 Å². The summed E-state index contributed by atoms with van der Waals surface area (Å²) in [7, 11) is 1.62. The van der Waals surface area contributed by atoms with E-state index in [1.54, 1.807) is 36.3 Å². The number of ether oxygens (including phenoxy) is 2. The third-order valence-corrected chi connectivity index (χ3v) is 4.05. The summed E-state index contributed by atoms with van der Waals surface area (Å²) in [6.07, 6.45) is 0. The molecule has 0 aliphatic heterocycles. The molecule has 5 nitrogen and oxygen atoms in total. The first-order valence-electron chi connectivity index (χ1n) is 8.15. The van der Waals surface area contributed by atoms with E-state index >= 15 is 0 Å². The topological polar surface area (TPSA) is 62.6 Å². The Labute approximate surface area is 148 Å². The van der Waals surface area contributed by atoms with Crippen LogP contribution in [0.2, 0.25) is 0 Å². The maximum Gasteiger partial charge on any atom is 0.260 e. The summed E-state index contributed by atoms with van der Waals surface area (Å²) in [5, 5.41) is 8.80. The number of amides is 1. The number of nitriles is 1. The lowest BCUT2D eigenvalue weighted by molar-refractivity contribution is -0.135. The van der Waals surface area contributed by atoms with Crippen LogP contribution in [0.15, 0.2) is 48.5 Å². The molecule has 2 rings (SSSR count). The summed E-state index contributed by atoms with van der Waals surface area (Å²) >= 11 is 0. The van der Waals surface area contributed by atoms with Crippen LogP contribution in [0.1, 0.15) is 31.0 Å². The highest BCUT2D eigenvalue weighted by Gasteiger charge is 2.20. The lowest BCUT2D eigenvalue weighted by atomic mass is 10.1. The Bertz CT molecular complexity index is 750. The SMILES string of the molecule is CCN(C(=O)COc1ccc(C#N)cc1)C(C)c1cccc(OC)c1. The number of nitrogens with zero attached hydrogens (tertiary/aromatic N) is 2. The zero-order valence-corrected chi connectivity index (χ0v) is 14.7. The summed E-state index contributed by atoms with van der Waals surface area (Å²) in [4.78, 5) is 14.3. The van der Waals surface area contributed by atoms with E-state index < -0.39 is 0 Å². The van der Waals surface area contributed by atoms with Crippen LogP contribution in [0, 0.1) is 11.3 Å². The highest BCUT2D eigenvalue weighted by molar-refractivity contribution is 5.78. The monoisotopic (exact) mass is 338 g/mol. The molecule has 0 radical (unpaired) electrons. The zero-order valence-electron chi connectivity index (χ0n) is 14.7. The maximum absolute atomic E-state index is 12.6. The molecule has 1 atom stereocenters. The highest BCUT2D eigenvalue weighted by atomic mass is 16.5. The number of carbonyl (C=O) groups is 1. The van der Waals surface area contributed by atoms with Crippen LogP contribution in [0.25, 0.3) is 0 Å². The summed E-state index contributed by atoms with van der Waals surface area (Å²) in [6, 6.07) is 16.4. The lowest BCUT2D eigenvalue weighted by Gasteiger charge is -2.28. The molecule has 25 heavy (non-hydrogen) atoms. The van der Waals surface area contributed by atoms with E-state index in [2.05, 4.69) is 0 Å². The Morgan fingerprint density at radius 3 is 2.52 bits per heavy atom. The second kappa shape index (κ2) is 8.74. The summed E-state index contributed by atoms with van der Waals surface area (Å²) in [5.74, 6) is 1.24. The molecule has 0 spiro atoms. The number of likely N-dealkylation sites (N-methyl/N-ethyl adjacent to an activating group) is 1. The van der Waals surface area contributed by atoms with Gasteiger partial charge in [0.05, 0.1) is 24.8 Å². The van der Waals surface area contributed by atoms with Gasteiger partial charge in [0.2, 0.25) is 0 Å². The molecule has 2 aromatic rings. The molecule has 1 unspecified atom stereocenters. The minimum atomic E-state index is -0.0952. The maximum atomic E-state index is 12.6. The molecule has 0 N–H and O–H groups in total. The van der Waals surface area contributed by atoms with Crippen molar-refractivity contribution in [2.45, 2.75) is 19.9 Å². The summed E-state index contributed by atoms with van der Waals surface area (Å²) in [5.41, 5.74) is 1.56. The van der Waals surface area contributed by atoms with Crippen molar-refractivity contribution in [3.05, 3.63) is 59.7 Å². The molecule has 2 aromatic carbocycles. The summed E-state index contributed by atoms with van der Waals surface area (Å²) in [6.45, 7) is 4.45.